The van der Waals surface area contributed by atoms with Crippen molar-refractivity contribution in [2.45, 2.75) is 4.90 Å². The molecule has 0 fully saturated rings. The summed E-state index contributed by atoms with van der Waals surface area (Å²) in [7, 11) is 0. The fraction of sp³-hybridized carbons (Fsp3) is 0.0833. The third-order valence-electron chi connectivity index (χ3n) is 2.04. The molecule has 0 saturated heterocycles. The van der Waals surface area contributed by atoms with Gasteiger partial charge in [-0.05, 0) is 28.1 Å². The molecule has 0 amide bonds. The number of thioether (sulfide) groups is 1. The van der Waals surface area contributed by atoms with Gasteiger partial charge in [0.1, 0.15) is 5.69 Å². The molecule has 0 atom stereocenters. The third kappa shape index (κ3) is 3.38. The van der Waals surface area contributed by atoms with Gasteiger partial charge in [0.15, 0.2) is 5.78 Å². The van der Waals surface area contributed by atoms with Gasteiger partial charge in [-0.25, -0.2) is 4.98 Å². The highest BCUT2D eigenvalue weighted by Gasteiger charge is 2.08. The molecule has 3 nitrogen and oxygen atoms in total. The molecule has 0 spiro atoms. The molecule has 2 rings (SSSR count). The lowest BCUT2D eigenvalue weighted by Crippen LogP contribution is -2.05. The first-order valence-electron chi connectivity index (χ1n) is 4.94. The molecule has 0 aliphatic heterocycles. The topological polar surface area (TPSA) is 42.9 Å². The van der Waals surface area contributed by atoms with Gasteiger partial charge in [0.05, 0.1) is 11.9 Å². The van der Waals surface area contributed by atoms with Gasteiger partial charge < -0.3 is 0 Å². The largest absolute Gasteiger partial charge is 0.291 e. The molecule has 2 aromatic rings. The van der Waals surface area contributed by atoms with E-state index in [1.807, 2.05) is 24.3 Å². The van der Waals surface area contributed by atoms with Gasteiger partial charge in [-0.15, -0.1) is 11.8 Å². The zero-order valence-corrected chi connectivity index (χ0v) is 11.2. The minimum atomic E-state index is -0.0150. The highest BCUT2D eigenvalue weighted by Crippen LogP contribution is 2.27. The smallest absolute Gasteiger partial charge is 0.192 e. The fourth-order valence-corrected chi connectivity index (χ4v) is 2.67. The van der Waals surface area contributed by atoms with E-state index >= 15 is 0 Å². The Morgan fingerprint density at radius 3 is 2.82 bits per heavy atom. The molecule has 0 bridgehead atoms. The molecule has 1 aromatic heterocycles. The van der Waals surface area contributed by atoms with Crippen molar-refractivity contribution < 1.29 is 4.79 Å². The summed E-state index contributed by atoms with van der Waals surface area (Å²) in [5.74, 6) is 0.347. The summed E-state index contributed by atoms with van der Waals surface area (Å²) in [5, 5.41) is 0. The van der Waals surface area contributed by atoms with Crippen molar-refractivity contribution in [1.82, 2.24) is 9.97 Å². The number of benzene rings is 1. The predicted octanol–water partition coefficient (Wildman–Crippen LogP) is 3.21. The average molecular weight is 309 g/mol. The highest BCUT2D eigenvalue weighted by molar-refractivity contribution is 9.10. The van der Waals surface area contributed by atoms with Crippen LogP contribution in [0.5, 0.6) is 0 Å². The maximum atomic E-state index is 11.8. The number of carbonyl (C=O) groups is 1. The number of carbonyl (C=O) groups excluding carboxylic acids is 1. The van der Waals surface area contributed by atoms with Crippen molar-refractivity contribution in [2.24, 2.45) is 0 Å². The van der Waals surface area contributed by atoms with Crippen LogP contribution < -0.4 is 0 Å². The Bertz CT molecular complexity index is 519. The van der Waals surface area contributed by atoms with Gasteiger partial charge in [0.2, 0.25) is 0 Å². The number of Topliss-reactive ketones (excluding diaryl/α,β-unsaturated/α-hetero) is 1. The van der Waals surface area contributed by atoms with Crippen LogP contribution in [-0.4, -0.2) is 21.5 Å². The first-order valence-corrected chi connectivity index (χ1v) is 6.72. The lowest BCUT2D eigenvalue weighted by molar-refractivity contribution is 0.101. The van der Waals surface area contributed by atoms with Crippen LogP contribution in [0.15, 0.2) is 52.2 Å². The zero-order valence-electron chi connectivity index (χ0n) is 8.84. The van der Waals surface area contributed by atoms with Crippen molar-refractivity contribution >= 4 is 33.5 Å². The Morgan fingerprint density at radius 1 is 1.29 bits per heavy atom. The molecule has 1 heterocycles. The maximum absolute atomic E-state index is 11.8. The number of hydrogen-bond acceptors (Lipinski definition) is 4. The van der Waals surface area contributed by atoms with Crippen molar-refractivity contribution in [1.29, 1.82) is 0 Å². The summed E-state index contributed by atoms with van der Waals surface area (Å²) >= 11 is 4.93. The van der Waals surface area contributed by atoms with E-state index in [0.29, 0.717) is 11.4 Å². The van der Waals surface area contributed by atoms with Crippen molar-refractivity contribution in [3.63, 3.8) is 0 Å². The van der Waals surface area contributed by atoms with Crippen LogP contribution in [0.2, 0.25) is 0 Å². The maximum Gasteiger partial charge on any atom is 0.192 e. The van der Waals surface area contributed by atoms with Gasteiger partial charge in [0.25, 0.3) is 0 Å². The second-order valence-corrected chi connectivity index (χ2v) is 5.10. The summed E-state index contributed by atoms with van der Waals surface area (Å²) in [6.45, 7) is 0. The first-order chi connectivity index (χ1) is 8.27. The predicted molar refractivity (Wildman–Crippen MR) is 71.2 cm³/mol. The van der Waals surface area contributed by atoms with Crippen LogP contribution in [-0.2, 0) is 0 Å². The second kappa shape index (κ2) is 5.93. The van der Waals surface area contributed by atoms with Crippen LogP contribution in [0.1, 0.15) is 10.5 Å². The number of hydrogen-bond donors (Lipinski definition) is 0. The van der Waals surface area contributed by atoms with Crippen LogP contribution >= 0.6 is 27.7 Å². The number of nitrogens with zero attached hydrogens (tertiary/aromatic N) is 2. The Morgan fingerprint density at radius 2 is 2.12 bits per heavy atom. The second-order valence-electron chi connectivity index (χ2n) is 3.23. The van der Waals surface area contributed by atoms with E-state index in [4.69, 9.17) is 0 Å². The zero-order chi connectivity index (χ0) is 12.1. The summed E-state index contributed by atoms with van der Waals surface area (Å²) < 4.78 is 0.997. The molecule has 0 saturated carbocycles. The van der Waals surface area contributed by atoms with Gasteiger partial charge in [-0.2, -0.15) is 0 Å². The fourth-order valence-electron chi connectivity index (χ4n) is 1.22. The van der Waals surface area contributed by atoms with Crippen LogP contribution in [0, 0.1) is 0 Å². The van der Waals surface area contributed by atoms with Crippen LogP contribution in [0.25, 0.3) is 0 Å². The monoisotopic (exact) mass is 308 g/mol. The SMILES string of the molecule is O=C(CSc1ccccc1Br)c1cnccn1. The quantitative estimate of drug-likeness (QED) is 0.642. The van der Waals surface area contributed by atoms with E-state index in [9.17, 15) is 4.79 Å². The Hall–Kier alpha value is -1.20. The minimum Gasteiger partial charge on any atom is -0.291 e. The Labute approximate surface area is 112 Å². The van der Waals surface area contributed by atoms with E-state index in [2.05, 4.69) is 25.9 Å². The normalized spacial score (nSPS) is 10.2. The van der Waals surface area contributed by atoms with Crippen molar-refractivity contribution in [3.8, 4) is 0 Å². The first kappa shape index (κ1) is 12.3. The lowest BCUT2D eigenvalue weighted by Gasteiger charge is -2.02. The third-order valence-corrected chi connectivity index (χ3v) is 4.07. The van der Waals surface area contributed by atoms with Crippen molar-refractivity contribution in [3.05, 3.63) is 53.0 Å². The van der Waals surface area contributed by atoms with Crippen LogP contribution in [0.4, 0.5) is 0 Å². The van der Waals surface area contributed by atoms with E-state index in [1.54, 1.807) is 6.20 Å². The highest BCUT2D eigenvalue weighted by atomic mass is 79.9. The van der Waals surface area contributed by atoms with Crippen LogP contribution in [0.3, 0.4) is 0 Å². The molecule has 5 heteroatoms. The number of aromatic nitrogens is 2. The molecular weight excluding hydrogens is 300 g/mol. The Balaban J connectivity index is 2.00. The van der Waals surface area contributed by atoms with Crippen molar-refractivity contribution in [2.75, 3.05) is 5.75 Å². The molecule has 17 heavy (non-hydrogen) atoms. The molecule has 0 N–H and O–H groups in total. The summed E-state index contributed by atoms with van der Waals surface area (Å²) in [5.41, 5.74) is 0.409. The number of halogens is 1. The summed E-state index contributed by atoms with van der Waals surface area (Å²) in [4.78, 5) is 20.7. The summed E-state index contributed by atoms with van der Waals surface area (Å²) in [6, 6.07) is 7.81. The Kier molecular flexibility index (Phi) is 4.28. The van der Waals surface area contributed by atoms with Gasteiger partial charge in [-0.3, -0.25) is 9.78 Å². The number of ketones is 1. The van der Waals surface area contributed by atoms with Gasteiger partial charge >= 0.3 is 0 Å². The van der Waals surface area contributed by atoms with E-state index < -0.39 is 0 Å². The number of rotatable bonds is 4. The van der Waals surface area contributed by atoms with Gasteiger partial charge in [0, 0.05) is 21.8 Å². The summed E-state index contributed by atoms with van der Waals surface area (Å²) in [6.07, 6.45) is 4.57. The molecule has 0 radical (unpaired) electrons. The molecule has 0 aliphatic carbocycles. The minimum absolute atomic E-state index is 0.0150. The molecule has 1 aromatic carbocycles. The standard InChI is InChI=1S/C12H9BrN2OS/c13-9-3-1-2-4-12(9)17-8-11(16)10-7-14-5-6-15-10/h1-7H,8H2. The van der Waals surface area contributed by atoms with E-state index in [-0.39, 0.29) is 5.78 Å². The molecule has 86 valence electrons. The van der Waals surface area contributed by atoms with E-state index in [1.165, 1.54) is 24.2 Å². The average Bonchev–Trinajstić information content (AvgIpc) is 2.38. The molecular formula is C12H9BrN2OS. The molecule has 0 unspecified atom stereocenters. The van der Waals surface area contributed by atoms with E-state index in [0.717, 1.165) is 9.37 Å². The molecule has 0 aliphatic rings. The lowest BCUT2D eigenvalue weighted by atomic mass is 10.3. The van der Waals surface area contributed by atoms with Gasteiger partial charge in [-0.1, -0.05) is 12.1 Å².